The number of carbonyl (C=O) groups is 1. The predicted octanol–water partition coefficient (Wildman–Crippen LogP) is 3.97. The van der Waals surface area contributed by atoms with E-state index in [-0.39, 0.29) is 0 Å². The highest BCUT2D eigenvalue weighted by Crippen LogP contribution is 2.34. The molecule has 0 heterocycles. The summed E-state index contributed by atoms with van der Waals surface area (Å²) in [4.78, 5) is 8.56. The molecule has 4 heteroatoms. The number of rotatable bonds is 1. The van der Waals surface area contributed by atoms with Crippen molar-refractivity contribution in [3.05, 3.63) is 29.3 Å². The van der Waals surface area contributed by atoms with E-state index in [2.05, 4.69) is 12.1 Å². The fourth-order valence-electron chi connectivity index (χ4n) is 2.37. The van der Waals surface area contributed by atoms with E-state index in [1.54, 1.807) is 0 Å². The molecule has 0 saturated heterocycles. The number of phenols is 1. The molecule has 4 nitrogen and oxygen atoms in total. The number of benzene rings is 1. The molecular formula is C14H20O4. The van der Waals surface area contributed by atoms with Gasteiger partial charge in [0.2, 0.25) is 0 Å². The average Bonchev–Trinajstić information content (AvgIpc) is 2.33. The maximum atomic E-state index is 9.44. The van der Waals surface area contributed by atoms with Gasteiger partial charge >= 0.3 is 6.16 Å². The van der Waals surface area contributed by atoms with Crippen molar-refractivity contribution in [1.82, 2.24) is 0 Å². The third kappa shape index (κ3) is 4.65. The molecule has 0 bridgehead atoms. The van der Waals surface area contributed by atoms with Crippen molar-refractivity contribution in [3.63, 3.8) is 0 Å². The lowest BCUT2D eigenvalue weighted by molar-refractivity contribution is 0.137. The average molecular weight is 252 g/mol. The molecule has 0 unspecified atom stereocenters. The van der Waals surface area contributed by atoms with E-state index in [0.717, 1.165) is 11.5 Å². The molecule has 1 aliphatic carbocycles. The number of hydrogen-bond donors (Lipinski definition) is 3. The summed E-state index contributed by atoms with van der Waals surface area (Å²) in [6, 6.07) is 6.06. The molecule has 0 spiro atoms. The van der Waals surface area contributed by atoms with Gasteiger partial charge in [-0.2, -0.15) is 0 Å². The SMILES string of the molecule is Cc1cc(C2CCCCC2)ccc1O.O=C(O)O. The normalized spacial score (nSPS) is 15.6. The van der Waals surface area contributed by atoms with Gasteiger partial charge in [0.15, 0.2) is 0 Å². The van der Waals surface area contributed by atoms with Gasteiger partial charge in [-0.15, -0.1) is 0 Å². The third-order valence-electron chi connectivity index (χ3n) is 3.30. The highest BCUT2D eigenvalue weighted by atomic mass is 16.6. The zero-order chi connectivity index (χ0) is 13.5. The van der Waals surface area contributed by atoms with Crippen LogP contribution in [0.1, 0.15) is 49.1 Å². The van der Waals surface area contributed by atoms with Crippen LogP contribution in [0.3, 0.4) is 0 Å². The fourth-order valence-corrected chi connectivity index (χ4v) is 2.37. The van der Waals surface area contributed by atoms with Crippen molar-refractivity contribution in [2.24, 2.45) is 0 Å². The Balaban J connectivity index is 0.000000357. The Morgan fingerprint density at radius 2 is 1.72 bits per heavy atom. The first-order valence-electron chi connectivity index (χ1n) is 6.22. The highest BCUT2D eigenvalue weighted by molar-refractivity contribution is 5.53. The molecule has 0 radical (unpaired) electrons. The van der Waals surface area contributed by atoms with Crippen LogP contribution in [0.5, 0.6) is 5.75 Å². The molecule has 1 aromatic rings. The van der Waals surface area contributed by atoms with Gasteiger partial charge in [-0.25, -0.2) is 4.79 Å². The second kappa shape index (κ2) is 6.89. The summed E-state index contributed by atoms with van der Waals surface area (Å²) in [5, 5.41) is 23.4. The number of phenolic OH excluding ortho intramolecular Hbond substituents is 1. The van der Waals surface area contributed by atoms with Crippen LogP contribution in [-0.4, -0.2) is 21.5 Å². The van der Waals surface area contributed by atoms with E-state index in [1.807, 2.05) is 13.0 Å². The molecule has 1 fully saturated rings. The molecule has 2 rings (SSSR count). The summed E-state index contributed by atoms with van der Waals surface area (Å²) in [7, 11) is 0. The zero-order valence-corrected chi connectivity index (χ0v) is 10.6. The van der Waals surface area contributed by atoms with Crippen LogP contribution >= 0.6 is 0 Å². The molecule has 0 atom stereocenters. The summed E-state index contributed by atoms with van der Waals surface area (Å²) in [5.41, 5.74) is 2.42. The van der Waals surface area contributed by atoms with Gasteiger partial charge in [0, 0.05) is 0 Å². The van der Waals surface area contributed by atoms with Gasteiger partial charge in [-0.3, -0.25) is 0 Å². The largest absolute Gasteiger partial charge is 0.508 e. The summed E-state index contributed by atoms with van der Waals surface area (Å²) in [6.45, 7) is 1.97. The molecule has 0 aromatic heterocycles. The number of aryl methyl sites for hydroxylation is 1. The molecule has 1 aromatic carbocycles. The van der Waals surface area contributed by atoms with Crippen molar-refractivity contribution in [1.29, 1.82) is 0 Å². The first-order chi connectivity index (χ1) is 8.50. The third-order valence-corrected chi connectivity index (χ3v) is 3.30. The van der Waals surface area contributed by atoms with Crippen LogP contribution in [-0.2, 0) is 0 Å². The quantitative estimate of drug-likeness (QED) is 0.706. The van der Waals surface area contributed by atoms with Crippen molar-refractivity contribution in [2.75, 3.05) is 0 Å². The Labute approximate surface area is 107 Å². The van der Waals surface area contributed by atoms with Crippen LogP contribution in [0.4, 0.5) is 4.79 Å². The van der Waals surface area contributed by atoms with Gasteiger partial charge in [0.25, 0.3) is 0 Å². The number of carboxylic acid groups (broad SMARTS) is 2. The van der Waals surface area contributed by atoms with Gasteiger partial charge < -0.3 is 15.3 Å². The van der Waals surface area contributed by atoms with E-state index in [1.165, 1.54) is 37.7 Å². The predicted molar refractivity (Wildman–Crippen MR) is 69.3 cm³/mol. The molecule has 100 valence electrons. The van der Waals surface area contributed by atoms with Crippen LogP contribution in [0.25, 0.3) is 0 Å². The molecule has 1 aliphatic rings. The van der Waals surface area contributed by atoms with E-state index in [4.69, 9.17) is 15.0 Å². The van der Waals surface area contributed by atoms with Gasteiger partial charge in [0.05, 0.1) is 0 Å². The molecule has 0 amide bonds. The molecule has 1 saturated carbocycles. The lowest BCUT2D eigenvalue weighted by atomic mass is 9.83. The van der Waals surface area contributed by atoms with Crippen LogP contribution < -0.4 is 0 Å². The molecule has 0 aliphatic heterocycles. The van der Waals surface area contributed by atoms with Crippen LogP contribution in [0.2, 0.25) is 0 Å². The summed E-state index contributed by atoms with van der Waals surface area (Å²) < 4.78 is 0. The zero-order valence-electron chi connectivity index (χ0n) is 10.6. The van der Waals surface area contributed by atoms with E-state index < -0.39 is 6.16 Å². The molecule has 18 heavy (non-hydrogen) atoms. The van der Waals surface area contributed by atoms with Crippen molar-refractivity contribution >= 4 is 6.16 Å². The molecule has 3 N–H and O–H groups in total. The van der Waals surface area contributed by atoms with Crippen LogP contribution in [0.15, 0.2) is 18.2 Å². The second-order valence-corrected chi connectivity index (χ2v) is 4.66. The van der Waals surface area contributed by atoms with Gasteiger partial charge in [0.1, 0.15) is 5.75 Å². The summed E-state index contributed by atoms with van der Waals surface area (Å²) in [6.07, 6.45) is 4.94. The first kappa shape index (κ1) is 14.4. The van der Waals surface area contributed by atoms with E-state index >= 15 is 0 Å². The van der Waals surface area contributed by atoms with E-state index in [0.29, 0.717) is 5.75 Å². The lowest BCUT2D eigenvalue weighted by Gasteiger charge is -2.22. The Hall–Kier alpha value is -1.71. The summed E-state index contributed by atoms with van der Waals surface area (Å²) >= 11 is 0. The smallest absolute Gasteiger partial charge is 0.503 e. The standard InChI is InChI=1S/C13H18O.CH2O3/c1-10-9-12(7-8-13(10)14)11-5-3-2-4-6-11;2-1(3)4/h7-9,11,14H,2-6H2,1H3;(H2,2,3,4). The monoisotopic (exact) mass is 252 g/mol. The first-order valence-corrected chi connectivity index (χ1v) is 6.22. The lowest BCUT2D eigenvalue weighted by Crippen LogP contribution is -2.04. The maximum Gasteiger partial charge on any atom is 0.503 e. The number of hydrogen-bond acceptors (Lipinski definition) is 2. The minimum Gasteiger partial charge on any atom is -0.508 e. The maximum absolute atomic E-state index is 9.44. The Morgan fingerprint density at radius 1 is 1.17 bits per heavy atom. The minimum absolute atomic E-state index is 0.421. The minimum atomic E-state index is -1.83. The second-order valence-electron chi connectivity index (χ2n) is 4.66. The molecular weight excluding hydrogens is 232 g/mol. The van der Waals surface area contributed by atoms with Gasteiger partial charge in [-0.05, 0) is 42.9 Å². The van der Waals surface area contributed by atoms with Crippen LogP contribution in [0, 0.1) is 6.92 Å². The summed E-state index contributed by atoms with van der Waals surface area (Å²) in [5.74, 6) is 1.16. The Kier molecular flexibility index (Phi) is 5.49. The fraction of sp³-hybridized carbons (Fsp3) is 0.500. The van der Waals surface area contributed by atoms with Gasteiger partial charge in [-0.1, -0.05) is 31.4 Å². The van der Waals surface area contributed by atoms with Crippen molar-refractivity contribution in [3.8, 4) is 5.75 Å². The Bertz CT molecular complexity index is 391. The highest BCUT2D eigenvalue weighted by Gasteiger charge is 2.15. The number of aromatic hydroxyl groups is 1. The van der Waals surface area contributed by atoms with Crippen molar-refractivity contribution < 1.29 is 20.1 Å². The topological polar surface area (TPSA) is 77.8 Å². The van der Waals surface area contributed by atoms with Crippen molar-refractivity contribution in [2.45, 2.75) is 44.9 Å². The van der Waals surface area contributed by atoms with E-state index in [9.17, 15) is 5.11 Å². The Morgan fingerprint density at radius 3 is 2.22 bits per heavy atom.